The molecule has 0 N–H and O–H groups in total. The van der Waals surface area contributed by atoms with Crippen LogP contribution in [0.25, 0.3) is 0 Å². The molecule has 0 aromatic heterocycles. The highest BCUT2D eigenvalue weighted by atomic mass is 35.5. The van der Waals surface area contributed by atoms with Gasteiger partial charge in [-0.25, -0.2) is 0 Å². The van der Waals surface area contributed by atoms with E-state index < -0.39 is 0 Å². The molecule has 1 aliphatic carbocycles. The summed E-state index contributed by atoms with van der Waals surface area (Å²) in [6, 6.07) is 5.85. The maximum Gasteiger partial charge on any atom is 0.122 e. The number of hydrogen-bond donors (Lipinski definition) is 0. The van der Waals surface area contributed by atoms with Gasteiger partial charge in [-0.3, -0.25) is 0 Å². The van der Waals surface area contributed by atoms with Gasteiger partial charge in [0.05, 0.1) is 7.11 Å². The van der Waals surface area contributed by atoms with Gasteiger partial charge in [0.25, 0.3) is 0 Å². The molecular weight excluding hydrogens is 291 g/mol. The first-order valence-corrected chi connectivity index (χ1v) is 8.42. The number of hydrogen-bond acceptors (Lipinski definition) is 1. The zero-order valence-corrected chi connectivity index (χ0v) is 13.9. The molecule has 3 atom stereocenters. The van der Waals surface area contributed by atoms with Gasteiger partial charge in [0, 0.05) is 10.4 Å². The van der Waals surface area contributed by atoms with Crippen molar-refractivity contribution in [3.63, 3.8) is 0 Å². The van der Waals surface area contributed by atoms with E-state index in [0.717, 1.165) is 29.5 Å². The van der Waals surface area contributed by atoms with Crippen molar-refractivity contribution in [2.75, 3.05) is 7.11 Å². The molecule has 0 spiro atoms. The number of methoxy groups -OCH3 is 1. The minimum absolute atomic E-state index is 0.284. The van der Waals surface area contributed by atoms with Crippen molar-refractivity contribution in [2.24, 2.45) is 11.8 Å². The summed E-state index contributed by atoms with van der Waals surface area (Å²) in [4.78, 5) is 0. The van der Waals surface area contributed by atoms with Crippen LogP contribution in [0, 0.1) is 11.8 Å². The fourth-order valence-electron chi connectivity index (χ4n) is 3.40. The Morgan fingerprint density at radius 1 is 1.30 bits per heavy atom. The lowest BCUT2D eigenvalue weighted by molar-refractivity contribution is 0.255. The monoisotopic (exact) mass is 314 g/mol. The molecule has 0 saturated heterocycles. The Morgan fingerprint density at radius 3 is 2.80 bits per heavy atom. The number of halogens is 2. The Morgan fingerprint density at radius 2 is 2.10 bits per heavy atom. The molecule has 0 heterocycles. The van der Waals surface area contributed by atoms with Crippen molar-refractivity contribution in [1.29, 1.82) is 0 Å². The summed E-state index contributed by atoms with van der Waals surface area (Å²) < 4.78 is 5.45. The Balaban J connectivity index is 2.09. The van der Waals surface area contributed by atoms with E-state index in [0.29, 0.717) is 5.92 Å². The van der Waals surface area contributed by atoms with Crippen LogP contribution in [0.3, 0.4) is 0 Å². The second-order valence-corrected chi connectivity index (χ2v) is 6.90. The van der Waals surface area contributed by atoms with Crippen LogP contribution in [0.1, 0.15) is 44.6 Å². The predicted octanol–water partition coefficient (Wildman–Crippen LogP) is 5.71. The molecule has 1 aliphatic rings. The Labute approximate surface area is 132 Å². The van der Waals surface area contributed by atoms with Crippen LogP contribution in [0.5, 0.6) is 5.75 Å². The summed E-state index contributed by atoms with van der Waals surface area (Å²) >= 11 is 12.7. The summed E-state index contributed by atoms with van der Waals surface area (Å²) in [7, 11) is 1.71. The molecule has 2 rings (SSSR count). The van der Waals surface area contributed by atoms with Crippen LogP contribution in [-0.2, 0) is 6.42 Å². The molecule has 1 aromatic carbocycles. The zero-order valence-electron chi connectivity index (χ0n) is 12.4. The highest BCUT2D eigenvalue weighted by Crippen LogP contribution is 2.38. The molecule has 1 aromatic rings. The molecule has 112 valence electrons. The molecule has 1 fully saturated rings. The maximum absolute atomic E-state index is 6.56. The van der Waals surface area contributed by atoms with E-state index in [4.69, 9.17) is 27.9 Å². The fraction of sp³-hybridized carbons (Fsp3) is 0.647. The van der Waals surface area contributed by atoms with Crippen molar-refractivity contribution in [1.82, 2.24) is 0 Å². The van der Waals surface area contributed by atoms with Gasteiger partial charge in [-0.05, 0) is 61.3 Å². The second-order valence-electron chi connectivity index (χ2n) is 5.90. The Hall–Kier alpha value is -0.400. The SMILES string of the molecule is CCCC1CCC(Cl)C(Cc2cc(Cl)ccc2OC)C1. The number of ether oxygens (including phenoxy) is 1. The fourth-order valence-corrected chi connectivity index (χ4v) is 3.91. The molecule has 0 aliphatic heterocycles. The molecule has 3 unspecified atom stereocenters. The topological polar surface area (TPSA) is 9.23 Å². The van der Waals surface area contributed by atoms with Gasteiger partial charge in [0.1, 0.15) is 5.75 Å². The second kappa shape index (κ2) is 7.56. The summed E-state index contributed by atoms with van der Waals surface area (Å²) in [6.45, 7) is 2.27. The molecule has 0 radical (unpaired) electrons. The van der Waals surface area contributed by atoms with E-state index in [1.807, 2.05) is 18.2 Å². The summed E-state index contributed by atoms with van der Waals surface area (Å²) in [6.07, 6.45) is 7.22. The van der Waals surface area contributed by atoms with Crippen LogP contribution in [-0.4, -0.2) is 12.5 Å². The lowest BCUT2D eigenvalue weighted by Crippen LogP contribution is -2.27. The van der Waals surface area contributed by atoms with E-state index in [1.165, 1.54) is 31.2 Å². The first-order valence-electron chi connectivity index (χ1n) is 7.60. The smallest absolute Gasteiger partial charge is 0.122 e. The van der Waals surface area contributed by atoms with Gasteiger partial charge in [-0.1, -0.05) is 31.4 Å². The Kier molecular flexibility index (Phi) is 6.04. The third-order valence-electron chi connectivity index (χ3n) is 4.42. The number of benzene rings is 1. The minimum atomic E-state index is 0.284. The maximum atomic E-state index is 6.56. The molecular formula is C17H24Cl2O. The first kappa shape index (κ1) is 16.0. The van der Waals surface area contributed by atoms with Crippen LogP contribution >= 0.6 is 23.2 Å². The molecule has 3 heteroatoms. The van der Waals surface area contributed by atoms with E-state index >= 15 is 0 Å². The molecule has 0 bridgehead atoms. The molecule has 0 amide bonds. The van der Waals surface area contributed by atoms with Crippen LogP contribution < -0.4 is 4.74 Å². The minimum Gasteiger partial charge on any atom is -0.496 e. The normalized spacial score (nSPS) is 26.5. The third kappa shape index (κ3) is 4.05. The van der Waals surface area contributed by atoms with Gasteiger partial charge in [-0.2, -0.15) is 0 Å². The first-order chi connectivity index (χ1) is 9.63. The van der Waals surface area contributed by atoms with Crippen molar-refractivity contribution < 1.29 is 4.74 Å². The molecule has 1 nitrogen and oxygen atoms in total. The molecule has 1 saturated carbocycles. The number of rotatable bonds is 5. The Bertz CT molecular complexity index is 433. The summed E-state index contributed by atoms with van der Waals surface area (Å²) in [5, 5.41) is 1.06. The predicted molar refractivity (Wildman–Crippen MR) is 87.1 cm³/mol. The van der Waals surface area contributed by atoms with Gasteiger partial charge >= 0.3 is 0 Å². The van der Waals surface area contributed by atoms with Gasteiger partial charge < -0.3 is 4.74 Å². The van der Waals surface area contributed by atoms with Gasteiger partial charge in [0.15, 0.2) is 0 Å². The molecule has 20 heavy (non-hydrogen) atoms. The largest absolute Gasteiger partial charge is 0.496 e. The van der Waals surface area contributed by atoms with E-state index in [2.05, 4.69) is 6.92 Å². The zero-order chi connectivity index (χ0) is 14.5. The highest BCUT2D eigenvalue weighted by Gasteiger charge is 2.29. The number of alkyl halides is 1. The van der Waals surface area contributed by atoms with Crippen LogP contribution in [0.15, 0.2) is 18.2 Å². The lowest BCUT2D eigenvalue weighted by Gasteiger charge is -2.33. The highest BCUT2D eigenvalue weighted by molar-refractivity contribution is 6.30. The summed E-state index contributed by atoms with van der Waals surface area (Å²) in [5.74, 6) is 2.30. The average molecular weight is 315 g/mol. The standard InChI is InChI=1S/C17H24Cl2O/c1-3-4-12-5-7-16(19)13(9-12)10-14-11-15(18)6-8-17(14)20-2/h6,8,11-13,16H,3-5,7,9-10H2,1-2H3. The van der Waals surface area contributed by atoms with Crippen molar-refractivity contribution >= 4 is 23.2 Å². The van der Waals surface area contributed by atoms with E-state index in [9.17, 15) is 0 Å². The van der Waals surface area contributed by atoms with Crippen molar-refractivity contribution in [3.05, 3.63) is 28.8 Å². The average Bonchev–Trinajstić information content (AvgIpc) is 2.43. The van der Waals surface area contributed by atoms with Gasteiger partial charge in [-0.15, -0.1) is 11.6 Å². The van der Waals surface area contributed by atoms with E-state index in [-0.39, 0.29) is 5.38 Å². The van der Waals surface area contributed by atoms with Crippen molar-refractivity contribution in [3.8, 4) is 5.75 Å². The summed E-state index contributed by atoms with van der Waals surface area (Å²) in [5.41, 5.74) is 1.19. The van der Waals surface area contributed by atoms with Gasteiger partial charge in [0.2, 0.25) is 0 Å². The van der Waals surface area contributed by atoms with Crippen LogP contribution in [0.2, 0.25) is 5.02 Å². The van der Waals surface area contributed by atoms with E-state index in [1.54, 1.807) is 7.11 Å². The lowest BCUT2D eigenvalue weighted by atomic mass is 9.76. The van der Waals surface area contributed by atoms with Crippen molar-refractivity contribution in [2.45, 2.75) is 50.8 Å². The third-order valence-corrected chi connectivity index (χ3v) is 5.23. The van der Waals surface area contributed by atoms with Crippen LogP contribution in [0.4, 0.5) is 0 Å². The quantitative estimate of drug-likeness (QED) is 0.632.